The van der Waals surface area contributed by atoms with Crippen molar-refractivity contribution in [3.63, 3.8) is 0 Å². The molecule has 8 nitrogen and oxygen atoms in total. The zero-order valence-corrected chi connectivity index (χ0v) is 15.9. The highest BCUT2D eigenvalue weighted by Crippen LogP contribution is 2.29. The van der Waals surface area contributed by atoms with Gasteiger partial charge in [-0.3, -0.25) is 19.7 Å². The Bertz CT molecular complexity index is 853. The summed E-state index contributed by atoms with van der Waals surface area (Å²) in [5, 5.41) is 13.6. The van der Waals surface area contributed by atoms with Crippen molar-refractivity contribution >= 4 is 23.3 Å². The molecule has 0 fully saturated rings. The monoisotopic (exact) mass is 386 g/mol. The van der Waals surface area contributed by atoms with Crippen LogP contribution in [0.15, 0.2) is 48.5 Å². The number of amides is 1. The number of ether oxygens (including phenoxy) is 2. The van der Waals surface area contributed by atoms with E-state index in [1.54, 1.807) is 0 Å². The van der Waals surface area contributed by atoms with Crippen molar-refractivity contribution in [3.05, 3.63) is 64.2 Å². The average molecular weight is 386 g/mol. The second-order valence-corrected chi connectivity index (χ2v) is 6.28. The van der Waals surface area contributed by atoms with Crippen LogP contribution in [0.5, 0.6) is 5.75 Å². The molecule has 28 heavy (non-hydrogen) atoms. The number of anilines is 1. The lowest BCUT2D eigenvalue weighted by Crippen LogP contribution is -2.30. The first-order chi connectivity index (χ1) is 13.3. The van der Waals surface area contributed by atoms with E-state index in [0.717, 1.165) is 5.56 Å². The molecule has 0 radical (unpaired) electrons. The van der Waals surface area contributed by atoms with Crippen LogP contribution < -0.4 is 10.1 Å². The first kappa shape index (κ1) is 20.9. The highest BCUT2D eigenvalue weighted by molar-refractivity contribution is 5.97. The van der Waals surface area contributed by atoms with Crippen LogP contribution in [-0.2, 0) is 14.3 Å². The minimum absolute atomic E-state index is 0.00338. The summed E-state index contributed by atoms with van der Waals surface area (Å²) in [6, 6.07) is 13.5. The molecule has 0 aliphatic rings. The summed E-state index contributed by atoms with van der Waals surface area (Å²) in [5.74, 6) is -0.956. The number of nitro groups is 1. The number of benzene rings is 2. The van der Waals surface area contributed by atoms with E-state index in [2.05, 4.69) is 5.32 Å². The second-order valence-electron chi connectivity index (χ2n) is 6.28. The van der Waals surface area contributed by atoms with Gasteiger partial charge in [0.05, 0.1) is 24.5 Å². The Balaban J connectivity index is 1.97. The fourth-order valence-electron chi connectivity index (χ4n) is 2.58. The van der Waals surface area contributed by atoms with Crippen molar-refractivity contribution in [1.82, 2.24) is 0 Å². The fraction of sp³-hybridized carbons (Fsp3) is 0.300. The van der Waals surface area contributed by atoms with Crippen LogP contribution in [0.25, 0.3) is 0 Å². The Morgan fingerprint density at radius 3 is 2.43 bits per heavy atom. The number of rotatable bonds is 8. The third-order valence-electron chi connectivity index (χ3n) is 4.18. The van der Waals surface area contributed by atoms with Crippen LogP contribution >= 0.6 is 0 Å². The van der Waals surface area contributed by atoms with Gasteiger partial charge in [0.25, 0.3) is 11.6 Å². The topological polar surface area (TPSA) is 108 Å². The van der Waals surface area contributed by atoms with Gasteiger partial charge >= 0.3 is 5.97 Å². The first-order valence-corrected chi connectivity index (χ1v) is 8.69. The third-order valence-corrected chi connectivity index (χ3v) is 4.18. The van der Waals surface area contributed by atoms with Gasteiger partial charge in [-0.15, -0.1) is 0 Å². The minimum atomic E-state index is -1.10. The Kier molecular flexibility index (Phi) is 7.08. The number of hydrogen-bond donors (Lipinski definition) is 1. The first-order valence-electron chi connectivity index (χ1n) is 8.69. The maximum absolute atomic E-state index is 12.3. The van der Waals surface area contributed by atoms with E-state index in [1.807, 2.05) is 37.3 Å². The van der Waals surface area contributed by atoms with Gasteiger partial charge in [0.15, 0.2) is 6.10 Å². The van der Waals surface area contributed by atoms with E-state index in [0.29, 0.717) is 5.75 Å². The van der Waals surface area contributed by atoms with Gasteiger partial charge < -0.3 is 14.8 Å². The number of esters is 1. The summed E-state index contributed by atoms with van der Waals surface area (Å²) in [5.41, 5.74) is 0.672. The molecule has 2 rings (SSSR count). The largest absolute Gasteiger partial charge is 0.496 e. The van der Waals surface area contributed by atoms with Crippen LogP contribution in [0.2, 0.25) is 0 Å². The number of carbonyl (C=O) groups is 2. The molecule has 0 saturated heterocycles. The molecular weight excluding hydrogens is 364 g/mol. The molecule has 8 heteroatoms. The van der Waals surface area contributed by atoms with E-state index in [1.165, 1.54) is 32.2 Å². The zero-order chi connectivity index (χ0) is 20.7. The van der Waals surface area contributed by atoms with Crippen molar-refractivity contribution in [3.8, 4) is 5.75 Å². The van der Waals surface area contributed by atoms with Gasteiger partial charge in [-0.2, -0.15) is 0 Å². The van der Waals surface area contributed by atoms with E-state index < -0.39 is 22.9 Å². The molecule has 1 N–H and O–H groups in total. The van der Waals surface area contributed by atoms with Crippen LogP contribution in [0, 0.1) is 10.1 Å². The summed E-state index contributed by atoms with van der Waals surface area (Å²) in [4.78, 5) is 35.0. The lowest BCUT2D eigenvalue weighted by atomic mass is 9.98. The molecule has 0 heterocycles. The van der Waals surface area contributed by atoms with Crippen molar-refractivity contribution in [2.75, 3.05) is 12.4 Å². The van der Waals surface area contributed by atoms with Crippen molar-refractivity contribution in [1.29, 1.82) is 0 Å². The molecule has 2 aromatic carbocycles. The number of nitrogens with one attached hydrogen (secondary N) is 1. The molecule has 2 atom stereocenters. The molecule has 0 unspecified atom stereocenters. The molecule has 2 aromatic rings. The van der Waals surface area contributed by atoms with Crippen molar-refractivity contribution < 1.29 is 24.0 Å². The molecule has 1 amide bonds. The molecular formula is C20H22N2O6. The number of carbonyl (C=O) groups excluding carboxylic acids is 2. The van der Waals surface area contributed by atoms with Gasteiger partial charge in [0, 0.05) is 0 Å². The predicted octanol–water partition coefficient (Wildman–Crippen LogP) is 3.67. The van der Waals surface area contributed by atoms with Crippen LogP contribution in [-0.4, -0.2) is 30.0 Å². The molecule has 0 aliphatic heterocycles. The molecule has 148 valence electrons. The number of nitro benzene ring substituents is 1. The van der Waals surface area contributed by atoms with Gasteiger partial charge in [0.1, 0.15) is 11.4 Å². The standard InChI is InChI=1S/C20H22N2O6/c1-13(15-7-5-4-6-8-15)11-19(23)28-14(2)20(24)21-17-10-9-16(27-3)12-18(17)22(25)26/h4-10,12-14H,11H2,1-3H3,(H,21,24)/t13-,14+/m1/s1. The lowest BCUT2D eigenvalue weighted by Gasteiger charge is -2.16. The van der Waals surface area contributed by atoms with E-state index >= 15 is 0 Å². The van der Waals surface area contributed by atoms with Gasteiger partial charge in [-0.1, -0.05) is 37.3 Å². The van der Waals surface area contributed by atoms with Crippen LogP contribution in [0.4, 0.5) is 11.4 Å². The summed E-state index contributed by atoms with van der Waals surface area (Å²) >= 11 is 0. The van der Waals surface area contributed by atoms with E-state index in [4.69, 9.17) is 9.47 Å². The Labute approximate surface area is 162 Å². The van der Waals surface area contributed by atoms with Gasteiger partial charge in [-0.25, -0.2) is 0 Å². The minimum Gasteiger partial charge on any atom is -0.496 e. The summed E-state index contributed by atoms with van der Waals surface area (Å²) < 4.78 is 10.1. The van der Waals surface area contributed by atoms with Crippen LogP contribution in [0.3, 0.4) is 0 Å². The van der Waals surface area contributed by atoms with E-state index in [-0.39, 0.29) is 23.7 Å². The highest BCUT2D eigenvalue weighted by Gasteiger charge is 2.23. The molecule has 0 bridgehead atoms. The van der Waals surface area contributed by atoms with Gasteiger partial charge in [0.2, 0.25) is 0 Å². The fourth-order valence-corrected chi connectivity index (χ4v) is 2.58. The Morgan fingerprint density at radius 1 is 1.14 bits per heavy atom. The summed E-state index contributed by atoms with van der Waals surface area (Å²) in [7, 11) is 1.38. The molecule has 0 saturated carbocycles. The van der Waals surface area contributed by atoms with Crippen LogP contribution in [0.1, 0.15) is 31.7 Å². The smallest absolute Gasteiger partial charge is 0.307 e. The number of methoxy groups -OCH3 is 1. The van der Waals surface area contributed by atoms with Gasteiger partial charge in [-0.05, 0) is 30.5 Å². The maximum atomic E-state index is 12.3. The highest BCUT2D eigenvalue weighted by atomic mass is 16.6. The zero-order valence-electron chi connectivity index (χ0n) is 15.9. The molecule has 0 aromatic heterocycles. The predicted molar refractivity (Wildman–Crippen MR) is 103 cm³/mol. The SMILES string of the molecule is COc1ccc(NC(=O)[C@H](C)OC(=O)C[C@@H](C)c2ccccc2)c([N+](=O)[O-])c1. The maximum Gasteiger partial charge on any atom is 0.307 e. The summed E-state index contributed by atoms with van der Waals surface area (Å²) in [6.07, 6.45) is -0.984. The number of hydrogen-bond acceptors (Lipinski definition) is 6. The Hall–Kier alpha value is -3.42. The molecule has 0 aliphatic carbocycles. The quantitative estimate of drug-likeness (QED) is 0.421. The van der Waals surface area contributed by atoms with Crippen molar-refractivity contribution in [2.45, 2.75) is 32.3 Å². The van der Waals surface area contributed by atoms with E-state index in [9.17, 15) is 19.7 Å². The second kappa shape index (κ2) is 9.50. The lowest BCUT2D eigenvalue weighted by molar-refractivity contribution is -0.384. The molecule has 0 spiro atoms. The number of nitrogens with zero attached hydrogens (tertiary/aromatic N) is 1. The average Bonchev–Trinajstić information content (AvgIpc) is 2.68. The van der Waals surface area contributed by atoms with Crippen molar-refractivity contribution in [2.24, 2.45) is 0 Å². The Morgan fingerprint density at radius 2 is 1.82 bits per heavy atom. The summed E-state index contributed by atoms with van der Waals surface area (Å²) in [6.45, 7) is 3.30. The third kappa shape index (κ3) is 5.54. The normalized spacial score (nSPS) is 12.5.